The number of carbonyl (C=O) groups is 1. The van der Waals surface area contributed by atoms with Gasteiger partial charge in [0.15, 0.2) is 0 Å². The smallest absolute Gasteiger partial charge is 0.338 e. The molecule has 1 aliphatic rings. The number of nitrogens with two attached hydrogens (primary N) is 1. The van der Waals surface area contributed by atoms with Crippen molar-refractivity contribution < 1.29 is 14.3 Å². The third-order valence-electron chi connectivity index (χ3n) is 3.93. The number of methoxy groups -OCH3 is 1. The van der Waals surface area contributed by atoms with Crippen LogP contribution in [0.3, 0.4) is 0 Å². The molecule has 2 N–H and O–H groups in total. The number of hydrogen-bond donors (Lipinski definition) is 1. The summed E-state index contributed by atoms with van der Waals surface area (Å²) in [6.45, 7) is 10.1. The maximum Gasteiger partial charge on any atom is 0.338 e. The fourth-order valence-electron chi connectivity index (χ4n) is 2.35. The first-order valence-corrected chi connectivity index (χ1v) is 7.12. The highest BCUT2D eigenvalue weighted by molar-refractivity contribution is 5.93. The number of carbonyl (C=O) groups excluding carboxylic acids is 1. The summed E-state index contributed by atoms with van der Waals surface area (Å²) in [5.41, 5.74) is 7.82. The summed E-state index contributed by atoms with van der Waals surface area (Å²) in [6, 6.07) is 3.47. The van der Waals surface area contributed by atoms with E-state index in [9.17, 15) is 4.79 Å². The standard InChI is InChI=1S/C16H24N2O3/c1-10-13(15(19)20-5)6-11(7-14(10)17)21-12-8-18(9-12)16(2,3)4/h6-7,12H,8-9,17H2,1-5H3. The molecule has 0 spiro atoms. The maximum atomic E-state index is 11.7. The lowest BCUT2D eigenvalue weighted by molar-refractivity contribution is -0.0350. The molecule has 2 rings (SSSR count). The Morgan fingerprint density at radius 1 is 1.33 bits per heavy atom. The van der Waals surface area contributed by atoms with Gasteiger partial charge in [0.2, 0.25) is 0 Å². The summed E-state index contributed by atoms with van der Waals surface area (Å²) < 4.78 is 10.7. The Balaban J connectivity index is 2.09. The minimum Gasteiger partial charge on any atom is -0.488 e. The van der Waals surface area contributed by atoms with E-state index >= 15 is 0 Å². The molecule has 0 amide bonds. The SMILES string of the molecule is COC(=O)c1cc(OC2CN(C(C)(C)C)C2)cc(N)c1C. The van der Waals surface area contributed by atoms with Gasteiger partial charge in [-0.15, -0.1) is 0 Å². The molecular weight excluding hydrogens is 268 g/mol. The summed E-state index contributed by atoms with van der Waals surface area (Å²) in [4.78, 5) is 14.1. The van der Waals surface area contributed by atoms with Crippen LogP contribution in [0.25, 0.3) is 0 Å². The first kappa shape index (κ1) is 15.6. The van der Waals surface area contributed by atoms with Crippen molar-refractivity contribution in [1.82, 2.24) is 4.90 Å². The number of nitrogen functional groups attached to an aromatic ring is 1. The van der Waals surface area contributed by atoms with Gasteiger partial charge in [-0.1, -0.05) is 0 Å². The van der Waals surface area contributed by atoms with Crippen molar-refractivity contribution in [3.05, 3.63) is 23.3 Å². The maximum absolute atomic E-state index is 11.7. The van der Waals surface area contributed by atoms with E-state index in [2.05, 4.69) is 25.7 Å². The number of likely N-dealkylation sites (tertiary alicyclic amines) is 1. The van der Waals surface area contributed by atoms with E-state index in [0.29, 0.717) is 17.0 Å². The van der Waals surface area contributed by atoms with Crippen molar-refractivity contribution in [1.29, 1.82) is 0 Å². The van der Waals surface area contributed by atoms with Crippen LogP contribution in [0.2, 0.25) is 0 Å². The molecule has 0 aliphatic carbocycles. The Kier molecular flexibility index (Phi) is 4.14. The lowest BCUT2D eigenvalue weighted by Crippen LogP contribution is -2.60. The van der Waals surface area contributed by atoms with Crippen molar-refractivity contribution in [3.63, 3.8) is 0 Å². The summed E-state index contributed by atoms with van der Waals surface area (Å²) >= 11 is 0. The van der Waals surface area contributed by atoms with Crippen LogP contribution in [0, 0.1) is 6.92 Å². The number of anilines is 1. The lowest BCUT2D eigenvalue weighted by Gasteiger charge is -2.47. The van der Waals surface area contributed by atoms with E-state index in [1.54, 1.807) is 19.1 Å². The number of ether oxygens (including phenoxy) is 2. The zero-order chi connectivity index (χ0) is 15.8. The lowest BCUT2D eigenvalue weighted by atomic mass is 9.99. The first-order chi connectivity index (χ1) is 9.72. The zero-order valence-electron chi connectivity index (χ0n) is 13.4. The van der Waals surface area contributed by atoms with E-state index < -0.39 is 5.97 Å². The van der Waals surface area contributed by atoms with Crippen LogP contribution < -0.4 is 10.5 Å². The van der Waals surface area contributed by atoms with E-state index in [-0.39, 0.29) is 11.6 Å². The Morgan fingerprint density at radius 2 is 1.95 bits per heavy atom. The average molecular weight is 292 g/mol. The summed E-state index contributed by atoms with van der Waals surface area (Å²) in [5, 5.41) is 0. The molecule has 1 aromatic carbocycles. The summed E-state index contributed by atoms with van der Waals surface area (Å²) in [6.07, 6.45) is 0.136. The Morgan fingerprint density at radius 3 is 2.48 bits per heavy atom. The first-order valence-electron chi connectivity index (χ1n) is 7.12. The van der Waals surface area contributed by atoms with Gasteiger partial charge in [0.1, 0.15) is 11.9 Å². The Labute approximate surface area is 126 Å². The Bertz CT molecular complexity index is 543. The number of benzene rings is 1. The van der Waals surface area contributed by atoms with Crippen molar-refractivity contribution >= 4 is 11.7 Å². The normalized spacial score (nSPS) is 16.4. The molecule has 116 valence electrons. The van der Waals surface area contributed by atoms with Crippen LogP contribution in [0.15, 0.2) is 12.1 Å². The third kappa shape index (κ3) is 3.29. The molecule has 0 unspecified atom stereocenters. The van der Waals surface area contributed by atoms with E-state index in [1.807, 2.05) is 0 Å². The number of esters is 1. The largest absolute Gasteiger partial charge is 0.488 e. The van der Waals surface area contributed by atoms with Crippen LogP contribution in [0.4, 0.5) is 5.69 Å². The van der Waals surface area contributed by atoms with Crippen LogP contribution in [0.5, 0.6) is 5.75 Å². The van der Waals surface area contributed by atoms with Crippen molar-refractivity contribution in [2.75, 3.05) is 25.9 Å². The molecule has 0 atom stereocenters. The molecule has 0 bridgehead atoms. The Hall–Kier alpha value is -1.75. The van der Waals surface area contributed by atoms with Crippen molar-refractivity contribution in [2.24, 2.45) is 0 Å². The second kappa shape index (κ2) is 5.56. The van der Waals surface area contributed by atoms with Gasteiger partial charge in [-0.05, 0) is 39.3 Å². The van der Waals surface area contributed by atoms with Crippen LogP contribution in [-0.2, 0) is 4.74 Å². The molecule has 0 aromatic heterocycles. The molecule has 21 heavy (non-hydrogen) atoms. The van der Waals surface area contributed by atoms with Gasteiger partial charge in [-0.3, -0.25) is 4.90 Å². The topological polar surface area (TPSA) is 64.8 Å². The number of nitrogens with zero attached hydrogens (tertiary/aromatic N) is 1. The van der Waals surface area contributed by atoms with E-state index in [0.717, 1.165) is 18.7 Å². The third-order valence-corrected chi connectivity index (χ3v) is 3.93. The minimum absolute atomic E-state index is 0.136. The van der Waals surface area contributed by atoms with Crippen LogP contribution >= 0.6 is 0 Å². The van der Waals surface area contributed by atoms with Gasteiger partial charge in [-0.2, -0.15) is 0 Å². The van der Waals surface area contributed by atoms with Gasteiger partial charge in [0.05, 0.1) is 12.7 Å². The minimum atomic E-state index is -0.394. The van der Waals surface area contributed by atoms with Crippen molar-refractivity contribution in [2.45, 2.75) is 39.3 Å². The zero-order valence-corrected chi connectivity index (χ0v) is 13.4. The van der Waals surface area contributed by atoms with Gasteiger partial charge < -0.3 is 15.2 Å². The van der Waals surface area contributed by atoms with Gasteiger partial charge in [0.25, 0.3) is 0 Å². The number of hydrogen-bond acceptors (Lipinski definition) is 5. The molecule has 1 fully saturated rings. The second-order valence-corrected chi connectivity index (χ2v) is 6.49. The molecular formula is C16H24N2O3. The second-order valence-electron chi connectivity index (χ2n) is 6.49. The van der Waals surface area contributed by atoms with Gasteiger partial charge >= 0.3 is 5.97 Å². The monoisotopic (exact) mass is 292 g/mol. The highest BCUT2D eigenvalue weighted by Crippen LogP contribution is 2.29. The molecule has 5 nitrogen and oxygen atoms in total. The molecule has 0 radical (unpaired) electrons. The predicted octanol–water partition coefficient (Wildman–Crippen LogP) is 2.23. The van der Waals surface area contributed by atoms with Gasteiger partial charge in [0, 0.05) is 30.4 Å². The summed E-state index contributed by atoms with van der Waals surface area (Å²) in [7, 11) is 1.36. The predicted molar refractivity (Wildman–Crippen MR) is 82.7 cm³/mol. The van der Waals surface area contributed by atoms with E-state index in [4.69, 9.17) is 15.2 Å². The number of rotatable bonds is 3. The van der Waals surface area contributed by atoms with Crippen molar-refractivity contribution in [3.8, 4) is 5.75 Å². The molecule has 5 heteroatoms. The molecule has 1 saturated heterocycles. The molecule has 0 saturated carbocycles. The average Bonchev–Trinajstić information content (AvgIpc) is 2.34. The van der Waals surface area contributed by atoms with Gasteiger partial charge in [-0.25, -0.2) is 4.79 Å². The summed E-state index contributed by atoms with van der Waals surface area (Å²) in [5.74, 6) is 0.228. The molecule has 1 heterocycles. The van der Waals surface area contributed by atoms with Crippen LogP contribution in [0.1, 0.15) is 36.7 Å². The van der Waals surface area contributed by atoms with E-state index in [1.165, 1.54) is 7.11 Å². The van der Waals surface area contributed by atoms with Crippen LogP contribution in [-0.4, -0.2) is 42.7 Å². The molecule has 1 aliphatic heterocycles. The highest BCUT2D eigenvalue weighted by atomic mass is 16.5. The fourth-order valence-corrected chi connectivity index (χ4v) is 2.35. The highest BCUT2D eigenvalue weighted by Gasteiger charge is 2.35. The fraction of sp³-hybridized carbons (Fsp3) is 0.562. The molecule has 1 aromatic rings. The quantitative estimate of drug-likeness (QED) is 0.683.